The predicted octanol–water partition coefficient (Wildman–Crippen LogP) is 0.870. The molecule has 2 atom stereocenters. The fourth-order valence-corrected chi connectivity index (χ4v) is 2.14. The number of hydrogen-bond acceptors (Lipinski definition) is 3. The largest absolute Gasteiger partial charge is 0.352 e. The minimum atomic E-state index is -0.160. The second kappa shape index (κ2) is 7.92. The normalized spacial score (nSPS) is 14.2. The molecular weight excluding hydrogens is 238 g/mol. The number of benzene rings is 1. The van der Waals surface area contributed by atoms with Crippen LogP contribution in [0.5, 0.6) is 0 Å². The molecule has 0 aromatic heterocycles. The highest BCUT2D eigenvalue weighted by Crippen LogP contribution is 2.08. The van der Waals surface area contributed by atoms with Crippen LogP contribution < -0.4 is 11.1 Å². The van der Waals surface area contributed by atoms with Gasteiger partial charge in [-0.1, -0.05) is 30.3 Å². The van der Waals surface area contributed by atoms with E-state index in [1.54, 1.807) is 0 Å². The summed E-state index contributed by atoms with van der Waals surface area (Å²) in [5.74, 6) is -0.118. The van der Waals surface area contributed by atoms with Crippen LogP contribution in [0.3, 0.4) is 0 Å². The number of nitrogens with two attached hydrogens (primary N) is 1. The van der Waals surface area contributed by atoms with Crippen molar-refractivity contribution in [3.63, 3.8) is 0 Å². The quantitative estimate of drug-likeness (QED) is 0.767. The SMILES string of the molecule is CC(CN(C)C)NC(=O)C(CN)Cc1ccccc1. The standard InChI is InChI=1S/C15H25N3O/c1-12(11-18(2)3)17-15(19)14(10-16)9-13-7-5-4-6-8-13/h4-8,12,14H,9-11,16H2,1-3H3,(H,17,19). The van der Waals surface area contributed by atoms with Gasteiger partial charge in [0.2, 0.25) is 5.91 Å². The highest BCUT2D eigenvalue weighted by Gasteiger charge is 2.19. The number of nitrogens with zero attached hydrogens (tertiary/aromatic N) is 1. The maximum absolute atomic E-state index is 12.2. The van der Waals surface area contributed by atoms with Gasteiger partial charge in [0.15, 0.2) is 0 Å². The number of hydrogen-bond donors (Lipinski definition) is 2. The zero-order valence-corrected chi connectivity index (χ0v) is 12.1. The average Bonchev–Trinajstić information content (AvgIpc) is 2.35. The topological polar surface area (TPSA) is 58.4 Å². The summed E-state index contributed by atoms with van der Waals surface area (Å²) in [5.41, 5.74) is 6.87. The molecule has 0 fully saturated rings. The van der Waals surface area contributed by atoms with Gasteiger partial charge in [-0.05, 0) is 33.0 Å². The molecular formula is C15H25N3O. The lowest BCUT2D eigenvalue weighted by Gasteiger charge is -2.21. The summed E-state index contributed by atoms with van der Waals surface area (Å²) in [7, 11) is 3.99. The Morgan fingerprint density at radius 1 is 1.32 bits per heavy atom. The molecule has 1 aromatic carbocycles. The molecule has 106 valence electrons. The van der Waals surface area contributed by atoms with Gasteiger partial charge in [0, 0.05) is 19.1 Å². The second-order valence-corrected chi connectivity index (χ2v) is 5.29. The Hall–Kier alpha value is -1.39. The van der Waals surface area contributed by atoms with E-state index in [-0.39, 0.29) is 17.9 Å². The fourth-order valence-electron chi connectivity index (χ4n) is 2.14. The summed E-state index contributed by atoms with van der Waals surface area (Å²) in [6.07, 6.45) is 0.692. The van der Waals surface area contributed by atoms with E-state index in [0.29, 0.717) is 13.0 Å². The predicted molar refractivity (Wildman–Crippen MR) is 78.8 cm³/mol. The van der Waals surface area contributed by atoms with Gasteiger partial charge in [-0.3, -0.25) is 4.79 Å². The lowest BCUT2D eigenvalue weighted by molar-refractivity contribution is -0.125. The summed E-state index contributed by atoms with van der Waals surface area (Å²) in [6, 6.07) is 10.1. The number of carbonyl (C=O) groups excluding carboxylic acids is 1. The van der Waals surface area contributed by atoms with Gasteiger partial charge in [-0.25, -0.2) is 0 Å². The first-order valence-corrected chi connectivity index (χ1v) is 6.72. The highest BCUT2D eigenvalue weighted by molar-refractivity contribution is 5.79. The molecule has 0 bridgehead atoms. The van der Waals surface area contributed by atoms with Crippen molar-refractivity contribution >= 4 is 5.91 Å². The number of nitrogens with one attached hydrogen (secondary N) is 1. The van der Waals surface area contributed by atoms with Gasteiger partial charge in [-0.15, -0.1) is 0 Å². The molecule has 0 heterocycles. The molecule has 0 radical (unpaired) electrons. The fraction of sp³-hybridized carbons (Fsp3) is 0.533. The van der Waals surface area contributed by atoms with E-state index in [9.17, 15) is 4.79 Å². The molecule has 0 aliphatic rings. The molecule has 3 N–H and O–H groups in total. The van der Waals surface area contributed by atoms with Crippen LogP contribution in [0.15, 0.2) is 30.3 Å². The number of likely N-dealkylation sites (N-methyl/N-ethyl adjacent to an activating group) is 1. The summed E-state index contributed by atoms with van der Waals surface area (Å²) >= 11 is 0. The third-order valence-electron chi connectivity index (χ3n) is 3.01. The first-order valence-electron chi connectivity index (χ1n) is 6.72. The van der Waals surface area contributed by atoms with Crippen LogP contribution in [-0.4, -0.2) is 44.0 Å². The monoisotopic (exact) mass is 263 g/mol. The van der Waals surface area contributed by atoms with Crippen LogP contribution in [-0.2, 0) is 11.2 Å². The zero-order valence-electron chi connectivity index (χ0n) is 12.1. The first kappa shape index (κ1) is 15.7. The Kier molecular flexibility index (Phi) is 6.53. The molecule has 4 heteroatoms. The molecule has 4 nitrogen and oxygen atoms in total. The van der Waals surface area contributed by atoms with E-state index in [0.717, 1.165) is 12.1 Å². The van der Waals surface area contributed by atoms with Crippen molar-refractivity contribution in [3.8, 4) is 0 Å². The van der Waals surface area contributed by atoms with Crippen molar-refractivity contribution in [1.29, 1.82) is 0 Å². The number of rotatable bonds is 7. The van der Waals surface area contributed by atoms with E-state index >= 15 is 0 Å². The van der Waals surface area contributed by atoms with Crippen molar-refractivity contribution in [2.45, 2.75) is 19.4 Å². The molecule has 0 saturated heterocycles. The minimum Gasteiger partial charge on any atom is -0.352 e. The van der Waals surface area contributed by atoms with Crippen molar-refractivity contribution in [1.82, 2.24) is 10.2 Å². The van der Waals surface area contributed by atoms with E-state index in [2.05, 4.69) is 10.2 Å². The molecule has 1 amide bonds. The van der Waals surface area contributed by atoms with Gasteiger partial charge < -0.3 is 16.0 Å². The molecule has 0 aliphatic carbocycles. The molecule has 0 spiro atoms. The first-order chi connectivity index (χ1) is 9.02. The Balaban J connectivity index is 2.52. The van der Waals surface area contributed by atoms with E-state index < -0.39 is 0 Å². The smallest absolute Gasteiger partial charge is 0.224 e. The lowest BCUT2D eigenvalue weighted by atomic mass is 9.98. The molecule has 2 unspecified atom stereocenters. The van der Waals surface area contributed by atoms with E-state index in [1.807, 2.05) is 51.4 Å². The van der Waals surface area contributed by atoms with Crippen molar-refractivity contribution in [2.75, 3.05) is 27.2 Å². The van der Waals surface area contributed by atoms with Crippen LogP contribution in [0.2, 0.25) is 0 Å². The van der Waals surface area contributed by atoms with E-state index in [4.69, 9.17) is 5.73 Å². The highest BCUT2D eigenvalue weighted by atomic mass is 16.1. The lowest BCUT2D eigenvalue weighted by Crippen LogP contribution is -2.44. The maximum atomic E-state index is 12.2. The average molecular weight is 263 g/mol. The maximum Gasteiger partial charge on any atom is 0.224 e. The summed E-state index contributed by atoms with van der Waals surface area (Å²) in [6.45, 7) is 3.21. The van der Waals surface area contributed by atoms with Crippen molar-refractivity contribution in [3.05, 3.63) is 35.9 Å². The Morgan fingerprint density at radius 3 is 2.47 bits per heavy atom. The minimum absolute atomic E-state index is 0.0423. The second-order valence-electron chi connectivity index (χ2n) is 5.29. The number of amides is 1. The summed E-state index contributed by atoms with van der Waals surface area (Å²) in [4.78, 5) is 14.2. The van der Waals surface area contributed by atoms with Crippen LogP contribution in [0.25, 0.3) is 0 Å². The van der Waals surface area contributed by atoms with Gasteiger partial charge in [0.05, 0.1) is 5.92 Å². The summed E-state index contributed by atoms with van der Waals surface area (Å²) < 4.78 is 0. The molecule has 0 aliphatic heterocycles. The molecule has 0 saturated carbocycles. The Morgan fingerprint density at radius 2 is 1.95 bits per heavy atom. The zero-order chi connectivity index (χ0) is 14.3. The molecule has 1 rings (SSSR count). The van der Waals surface area contributed by atoms with Crippen LogP contribution in [0.4, 0.5) is 0 Å². The van der Waals surface area contributed by atoms with Crippen LogP contribution >= 0.6 is 0 Å². The van der Waals surface area contributed by atoms with Crippen molar-refractivity contribution < 1.29 is 4.79 Å². The van der Waals surface area contributed by atoms with Gasteiger partial charge in [0.1, 0.15) is 0 Å². The molecule has 1 aromatic rings. The summed E-state index contributed by atoms with van der Waals surface area (Å²) in [5, 5.41) is 3.02. The third kappa shape index (κ3) is 5.85. The number of carbonyl (C=O) groups is 1. The van der Waals surface area contributed by atoms with E-state index in [1.165, 1.54) is 0 Å². The third-order valence-corrected chi connectivity index (χ3v) is 3.01. The Bertz CT molecular complexity index is 378. The van der Waals surface area contributed by atoms with Gasteiger partial charge in [-0.2, -0.15) is 0 Å². The van der Waals surface area contributed by atoms with Crippen LogP contribution in [0, 0.1) is 5.92 Å². The van der Waals surface area contributed by atoms with Crippen LogP contribution in [0.1, 0.15) is 12.5 Å². The molecule has 19 heavy (non-hydrogen) atoms. The van der Waals surface area contributed by atoms with Crippen molar-refractivity contribution in [2.24, 2.45) is 11.7 Å². The van der Waals surface area contributed by atoms with Gasteiger partial charge in [0.25, 0.3) is 0 Å². The van der Waals surface area contributed by atoms with Gasteiger partial charge >= 0.3 is 0 Å². The Labute approximate surface area is 116 Å².